The third-order valence-electron chi connectivity index (χ3n) is 3.66. The molecule has 1 aromatic heterocycles. The first-order chi connectivity index (χ1) is 12.2. The lowest BCUT2D eigenvalue weighted by Crippen LogP contribution is -2.18. The van der Waals surface area contributed by atoms with Gasteiger partial charge in [-0.25, -0.2) is 4.68 Å². The smallest absolute Gasteiger partial charge is 0.209 e. The highest BCUT2D eigenvalue weighted by Gasteiger charge is 2.10. The van der Waals surface area contributed by atoms with Gasteiger partial charge < -0.3 is 10.7 Å². The Bertz CT molecular complexity index is 957. The average Bonchev–Trinajstić information content (AvgIpc) is 2.63. The van der Waals surface area contributed by atoms with Crippen LogP contribution in [0, 0.1) is 12.3 Å². The van der Waals surface area contributed by atoms with Crippen molar-refractivity contribution in [3.63, 3.8) is 0 Å². The van der Waals surface area contributed by atoms with E-state index in [-0.39, 0.29) is 11.1 Å². The van der Waals surface area contributed by atoms with E-state index < -0.39 is 0 Å². The van der Waals surface area contributed by atoms with E-state index in [1.165, 1.54) is 12.1 Å². The Morgan fingerprint density at radius 3 is 2.48 bits per heavy atom. The number of anilines is 1. The molecule has 0 spiro atoms. The summed E-state index contributed by atoms with van der Waals surface area (Å²) < 4.78 is 1.65. The Balaban J connectivity index is 2.03. The molecule has 124 valence electrons. The minimum atomic E-state index is -0.208. The van der Waals surface area contributed by atoms with Gasteiger partial charge in [-0.1, -0.05) is 35.9 Å². The normalized spacial score (nSPS) is 11.2. The van der Waals surface area contributed by atoms with Gasteiger partial charge in [-0.2, -0.15) is 5.10 Å². The number of benzene rings is 2. The van der Waals surface area contributed by atoms with E-state index in [2.05, 4.69) is 10.4 Å². The highest BCUT2D eigenvalue weighted by molar-refractivity contribution is 5.86. The molecule has 1 heterocycles. The molecule has 0 aliphatic heterocycles. The Hall–Kier alpha value is -3.47. The molecule has 5 nitrogen and oxygen atoms in total. The summed E-state index contributed by atoms with van der Waals surface area (Å²) >= 11 is 0. The van der Waals surface area contributed by atoms with Crippen molar-refractivity contribution in [2.75, 3.05) is 5.32 Å². The van der Waals surface area contributed by atoms with Crippen LogP contribution in [0.3, 0.4) is 0 Å². The third-order valence-corrected chi connectivity index (χ3v) is 3.66. The van der Waals surface area contributed by atoms with Gasteiger partial charge in [0.1, 0.15) is 0 Å². The van der Waals surface area contributed by atoms with Gasteiger partial charge in [-0.3, -0.25) is 4.79 Å². The molecule has 0 saturated heterocycles. The summed E-state index contributed by atoms with van der Waals surface area (Å²) in [6.07, 6.45) is 4.30. The van der Waals surface area contributed by atoms with Crippen molar-refractivity contribution in [2.24, 2.45) is 0 Å². The molecule has 3 aromatic rings. The van der Waals surface area contributed by atoms with Crippen molar-refractivity contribution in [3.05, 3.63) is 94.4 Å². The molecule has 0 radical (unpaired) electrons. The molecule has 2 N–H and O–H groups in total. The van der Waals surface area contributed by atoms with Crippen LogP contribution >= 0.6 is 0 Å². The minimum absolute atomic E-state index is 0.208. The molecule has 0 atom stereocenters. The van der Waals surface area contributed by atoms with Gasteiger partial charge in [0.25, 0.3) is 0 Å². The molecular weight excluding hydrogens is 312 g/mol. The highest BCUT2D eigenvalue weighted by atomic mass is 16.1. The van der Waals surface area contributed by atoms with E-state index in [1.54, 1.807) is 10.9 Å². The predicted octanol–water partition coefficient (Wildman–Crippen LogP) is 3.64. The maximum Gasteiger partial charge on any atom is 0.209 e. The summed E-state index contributed by atoms with van der Waals surface area (Å²) in [4.78, 5) is 12.3. The second-order valence-electron chi connectivity index (χ2n) is 5.55. The van der Waals surface area contributed by atoms with Crippen LogP contribution in [-0.2, 0) is 0 Å². The fourth-order valence-electron chi connectivity index (χ4n) is 2.38. The molecular formula is C20H18N4O. The quantitative estimate of drug-likeness (QED) is 0.702. The zero-order valence-corrected chi connectivity index (χ0v) is 13.8. The van der Waals surface area contributed by atoms with Crippen molar-refractivity contribution >= 4 is 17.6 Å². The fourth-order valence-corrected chi connectivity index (χ4v) is 2.38. The molecule has 0 fully saturated rings. The highest BCUT2D eigenvalue weighted by Crippen LogP contribution is 2.15. The maximum absolute atomic E-state index is 12.3. The summed E-state index contributed by atoms with van der Waals surface area (Å²) in [5, 5.41) is 15.0. The lowest BCUT2D eigenvalue weighted by Gasteiger charge is -2.12. The number of allylic oxidation sites excluding steroid dienone is 1. The Morgan fingerprint density at radius 1 is 1.08 bits per heavy atom. The number of para-hydroxylation sites is 1. The van der Waals surface area contributed by atoms with Crippen LogP contribution in [0.15, 0.2) is 77.7 Å². The Kier molecular flexibility index (Phi) is 4.85. The molecule has 0 bridgehead atoms. The molecule has 0 aliphatic carbocycles. The van der Waals surface area contributed by atoms with Crippen LogP contribution in [0.4, 0.5) is 5.69 Å². The van der Waals surface area contributed by atoms with Gasteiger partial charge in [0.05, 0.1) is 11.4 Å². The van der Waals surface area contributed by atoms with Crippen molar-refractivity contribution in [1.29, 1.82) is 5.41 Å². The zero-order valence-electron chi connectivity index (χ0n) is 13.8. The summed E-state index contributed by atoms with van der Waals surface area (Å²) in [6, 6.07) is 18.8. The van der Waals surface area contributed by atoms with E-state index in [4.69, 9.17) is 5.41 Å². The number of hydrogen-bond acceptors (Lipinski definition) is 4. The molecule has 0 unspecified atom stereocenters. The molecule has 3 rings (SSSR count). The standard InChI is InChI=1S/C20H18N4O/c1-15-7-9-17(10-8-15)24-14-12-19(25)20(23-24)18(11-13-21)22-16-5-3-2-4-6-16/h2-14,21-22H,1H3/b18-11-,21-13?. The summed E-state index contributed by atoms with van der Waals surface area (Å²) in [6.45, 7) is 2.02. The van der Waals surface area contributed by atoms with Gasteiger partial charge in [0.2, 0.25) is 5.43 Å². The Morgan fingerprint density at radius 2 is 1.80 bits per heavy atom. The first kappa shape index (κ1) is 16.4. The van der Waals surface area contributed by atoms with Gasteiger partial charge in [0, 0.05) is 24.2 Å². The monoisotopic (exact) mass is 330 g/mol. The van der Waals surface area contributed by atoms with Crippen LogP contribution in [0.5, 0.6) is 0 Å². The van der Waals surface area contributed by atoms with Crippen LogP contribution in [0.25, 0.3) is 11.4 Å². The molecule has 5 heteroatoms. The predicted molar refractivity (Wildman–Crippen MR) is 101 cm³/mol. The number of hydrogen-bond donors (Lipinski definition) is 2. The van der Waals surface area contributed by atoms with Gasteiger partial charge in [-0.15, -0.1) is 0 Å². The topological polar surface area (TPSA) is 70.8 Å². The molecule has 0 aliphatic rings. The molecule has 0 amide bonds. The van der Waals surface area contributed by atoms with Gasteiger partial charge in [-0.05, 0) is 37.3 Å². The molecule has 0 saturated carbocycles. The van der Waals surface area contributed by atoms with Crippen LogP contribution in [0.2, 0.25) is 0 Å². The van der Waals surface area contributed by atoms with Gasteiger partial charge >= 0.3 is 0 Å². The minimum Gasteiger partial charge on any atom is -0.354 e. The third kappa shape index (κ3) is 3.90. The Labute approximate surface area is 145 Å². The second-order valence-corrected chi connectivity index (χ2v) is 5.55. The summed E-state index contributed by atoms with van der Waals surface area (Å²) in [7, 11) is 0. The van der Waals surface area contributed by atoms with E-state index in [9.17, 15) is 4.79 Å². The maximum atomic E-state index is 12.3. The average molecular weight is 330 g/mol. The van der Waals surface area contributed by atoms with E-state index >= 15 is 0 Å². The van der Waals surface area contributed by atoms with Crippen molar-refractivity contribution in [1.82, 2.24) is 9.78 Å². The lowest BCUT2D eigenvalue weighted by molar-refractivity contribution is 0.825. The van der Waals surface area contributed by atoms with E-state index in [0.717, 1.165) is 23.2 Å². The van der Waals surface area contributed by atoms with Crippen LogP contribution in [-0.4, -0.2) is 16.0 Å². The van der Waals surface area contributed by atoms with Crippen LogP contribution < -0.4 is 10.7 Å². The number of nitrogens with one attached hydrogen (secondary N) is 2. The number of nitrogens with zero attached hydrogens (tertiary/aromatic N) is 2. The lowest BCUT2D eigenvalue weighted by atomic mass is 10.2. The zero-order chi connectivity index (χ0) is 17.6. The van der Waals surface area contributed by atoms with Crippen molar-refractivity contribution in [3.8, 4) is 5.69 Å². The van der Waals surface area contributed by atoms with Crippen molar-refractivity contribution in [2.45, 2.75) is 6.92 Å². The first-order valence-electron chi connectivity index (χ1n) is 7.87. The first-order valence-corrected chi connectivity index (χ1v) is 7.87. The summed E-state index contributed by atoms with van der Waals surface area (Å²) in [5.41, 5.74) is 3.37. The second kappa shape index (κ2) is 7.40. The van der Waals surface area contributed by atoms with E-state index in [1.807, 2.05) is 61.5 Å². The van der Waals surface area contributed by atoms with Crippen LogP contribution in [0.1, 0.15) is 11.3 Å². The largest absolute Gasteiger partial charge is 0.354 e. The fraction of sp³-hybridized carbons (Fsp3) is 0.0500. The number of rotatable bonds is 5. The summed E-state index contributed by atoms with van der Waals surface area (Å²) in [5.74, 6) is 0. The van der Waals surface area contributed by atoms with E-state index in [0.29, 0.717) is 5.70 Å². The van der Waals surface area contributed by atoms with Gasteiger partial charge in [0.15, 0.2) is 5.69 Å². The molecule has 25 heavy (non-hydrogen) atoms. The number of aryl methyl sites for hydroxylation is 1. The van der Waals surface area contributed by atoms with Crippen molar-refractivity contribution < 1.29 is 0 Å². The molecule has 2 aromatic carbocycles. The SMILES string of the molecule is Cc1ccc(-n2ccc(=O)c(/C(=C/C=N)Nc3ccccc3)n2)cc1. The number of aromatic nitrogens is 2.